The largest absolute Gasteiger partial charge is 0.494 e. The number of hydrogen-bond acceptors (Lipinski definition) is 6. The number of barbiturate groups is 1. The Bertz CT molecular complexity index is 997. The van der Waals surface area contributed by atoms with Crippen molar-refractivity contribution in [3.05, 3.63) is 53.6 Å². The minimum absolute atomic E-state index is 0.170. The van der Waals surface area contributed by atoms with E-state index in [1.165, 1.54) is 13.2 Å². The zero-order valence-electron chi connectivity index (χ0n) is 16.9. The highest BCUT2D eigenvalue weighted by atomic mass is 16.5. The van der Waals surface area contributed by atoms with Crippen molar-refractivity contribution in [2.24, 2.45) is 0 Å². The molecule has 0 saturated carbocycles. The summed E-state index contributed by atoms with van der Waals surface area (Å²) in [5, 5.41) is 2.20. The Morgan fingerprint density at radius 3 is 2.27 bits per heavy atom. The van der Waals surface area contributed by atoms with Crippen molar-refractivity contribution in [3.63, 3.8) is 0 Å². The highest BCUT2D eigenvalue weighted by Gasteiger charge is 2.36. The lowest BCUT2D eigenvalue weighted by molar-refractivity contribution is -0.122. The van der Waals surface area contributed by atoms with E-state index in [9.17, 15) is 14.4 Å². The van der Waals surface area contributed by atoms with Crippen LogP contribution in [0.4, 0.5) is 10.5 Å². The van der Waals surface area contributed by atoms with Gasteiger partial charge in [0.2, 0.25) is 0 Å². The minimum Gasteiger partial charge on any atom is -0.494 e. The third kappa shape index (κ3) is 4.27. The molecule has 1 aliphatic rings. The van der Waals surface area contributed by atoms with E-state index < -0.39 is 17.8 Å². The molecular weight excluding hydrogens is 388 g/mol. The summed E-state index contributed by atoms with van der Waals surface area (Å²) in [6.45, 7) is 4.61. The van der Waals surface area contributed by atoms with Crippen molar-refractivity contribution < 1.29 is 28.6 Å². The number of ether oxygens (including phenoxy) is 3. The number of carbonyl (C=O) groups is 3. The highest BCUT2D eigenvalue weighted by Crippen LogP contribution is 2.30. The number of benzene rings is 2. The second-order valence-electron chi connectivity index (χ2n) is 6.23. The van der Waals surface area contributed by atoms with Crippen LogP contribution in [0, 0.1) is 0 Å². The van der Waals surface area contributed by atoms with Gasteiger partial charge in [-0.25, -0.2) is 9.69 Å². The molecule has 0 spiro atoms. The van der Waals surface area contributed by atoms with Crippen molar-refractivity contribution in [2.75, 3.05) is 25.2 Å². The molecule has 8 nitrogen and oxygen atoms in total. The normalized spacial score (nSPS) is 15.2. The lowest BCUT2D eigenvalue weighted by atomic mass is 10.1. The summed E-state index contributed by atoms with van der Waals surface area (Å²) < 4.78 is 16.2. The fourth-order valence-corrected chi connectivity index (χ4v) is 2.97. The molecule has 1 saturated heterocycles. The van der Waals surface area contributed by atoms with Crippen LogP contribution in [0.3, 0.4) is 0 Å². The topological polar surface area (TPSA) is 94.2 Å². The Hall–Kier alpha value is -3.81. The van der Waals surface area contributed by atoms with Crippen LogP contribution in [0.5, 0.6) is 17.2 Å². The maximum atomic E-state index is 13.0. The molecule has 1 fully saturated rings. The van der Waals surface area contributed by atoms with E-state index in [0.29, 0.717) is 41.7 Å². The van der Waals surface area contributed by atoms with E-state index in [1.54, 1.807) is 42.5 Å². The van der Waals surface area contributed by atoms with Gasteiger partial charge in [0.1, 0.15) is 11.3 Å². The van der Waals surface area contributed by atoms with Crippen LogP contribution < -0.4 is 24.4 Å². The van der Waals surface area contributed by atoms with E-state index in [1.807, 2.05) is 13.8 Å². The molecule has 4 amide bonds. The lowest BCUT2D eigenvalue weighted by Gasteiger charge is -2.26. The van der Waals surface area contributed by atoms with E-state index in [-0.39, 0.29) is 5.57 Å². The molecule has 156 valence electrons. The molecular formula is C22H22N2O6. The van der Waals surface area contributed by atoms with E-state index >= 15 is 0 Å². The summed E-state index contributed by atoms with van der Waals surface area (Å²) in [5.41, 5.74) is 0.707. The first-order chi connectivity index (χ1) is 14.5. The van der Waals surface area contributed by atoms with Gasteiger partial charge in [0, 0.05) is 0 Å². The summed E-state index contributed by atoms with van der Waals surface area (Å²) in [6.07, 6.45) is 1.41. The zero-order chi connectivity index (χ0) is 21.7. The maximum absolute atomic E-state index is 13.0. The van der Waals surface area contributed by atoms with Gasteiger partial charge in [-0.2, -0.15) is 0 Å². The predicted molar refractivity (Wildman–Crippen MR) is 111 cm³/mol. The molecule has 0 unspecified atom stereocenters. The first-order valence-electron chi connectivity index (χ1n) is 9.43. The Morgan fingerprint density at radius 2 is 1.63 bits per heavy atom. The van der Waals surface area contributed by atoms with E-state index in [0.717, 1.165) is 4.90 Å². The number of hydrogen-bond donors (Lipinski definition) is 1. The predicted octanol–water partition coefficient (Wildman–Crippen LogP) is 3.16. The minimum atomic E-state index is -0.809. The van der Waals surface area contributed by atoms with E-state index in [2.05, 4.69) is 5.32 Å². The van der Waals surface area contributed by atoms with Crippen LogP contribution in [0.15, 0.2) is 48.0 Å². The summed E-state index contributed by atoms with van der Waals surface area (Å²) in [7, 11) is 1.52. The Kier molecular flexibility index (Phi) is 6.36. The van der Waals surface area contributed by atoms with Crippen molar-refractivity contribution in [3.8, 4) is 17.2 Å². The Balaban J connectivity index is 1.95. The molecule has 1 N–H and O–H groups in total. The van der Waals surface area contributed by atoms with Gasteiger partial charge in [-0.05, 0) is 61.9 Å². The third-order valence-electron chi connectivity index (χ3n) is 4.31. The number of nitrogens with zero attached hydrogens (tertiary/aromatic N) is 1. The average molecular weight is 410 g/mol. The number of amides is 4. The first kappa shape index (κ1) is 20.9. The molecule has 8 heteroatoms. The molecule has 1 heterocycles. The summed E-state index contributed by atoms with van der Waals surface area (Å²) >= 11 is 0. The maximum Gasteiger partial charge on any atom is 0.335 e. The Labute approximate surface area is 174 Å². The molecule has 1 aliphatic heterocycles. The lowest BCUT2D eigenvalue weighted by Crippen LogP contribution is -2.54. The van der Waals surface area contributed by atoms with Crippen LogP contribution in [-0.4, -0.2) is 38.2 Å². The van der Waals surface area contributed by atoms with Gasteiger partial charge in [0.25, 0.3) is 11.8 Å². The number of urea groups is 1. The molecule has 0 aromatic heterocycles. The summed E-state index contributed by atoms with van der Waals surface area (Å²) in [6, 6.07) is 10.7. The molecule has 0 radical (unpaired) electrons. The van der Waals surface area contributed by atoms with Crippen LogP contribution in [0.25, 0.3) is 6.08 Å². The molecule has 0 aliphatic carbocycles. The highest BCUT2D eigenvalue weighted by molar-refractivity contribution is 6.39. The number of carbonyl (C=O) groups excluding carboxylic acids is 3. The monoisotopic (exact) mass is 410 g/mol. The first-order valence-corrected chi connectivity index (χ1v) is 9.43. The van der Waals surface area contributed by atoms with Gasteiger partial charge >= 0.3 is 6.03 Å². The fraction of sp³-hybridized carbons (Fsp3) is 0.227. The van der Waals surface area contributed by atoms with Crippen LogP contribution in [0.2, 0.25) is 0 Å². The van der Waals surface area contributed by atoms with Crippen LogP contribution >= 0.6 is 0 Å². The molecule has 2 aromatic carbocycles. The van der Waals surface area contributed by atoms with Gasteiger partial charge in [0.15, 0.2) is 11.5 Å². The Morgan fingerprint density at radius 1 is 0.933 bits per heavy atom. The summed E-state index contributed by atoms with van der Waals surface area (Å²) in [4.78, 5) is 38.6. The van der Waals surface area contributed by atoms with Crippen molar-refractivity contribution in [1.82, 2.24) is 5.32 Å². The number of methoxy groups -OCH3 is 1. The average Bonchev–Trinajstić information content (AvgIpc) is 2.73. The quantitative estimate of drug-likeness (QED) is 0.557. The van der Waals surface area contributed by atoms with Gasteiger partial charge in [-0.3, -0.25) is 14.9 Å². The van der Waals surface area contributed by atoms with Gasteiger partial charge in [-0.15, -0.1) is 0 Å². The number of rotatable bonds is 7. The van der Waals surface area contributed by atoms with Crippen molar-refractivity contribution in [1.29, 1.82) is 0 Å². The van der Waals surface area contributed by atoms with E-state index in [4.69, 9.17) is 14.2 Å². The van der Waals surface area contributed by atoms with Gasteiger partial charge in [0.05, 0.1) is 26.0 Å². The number of nitrogens with one attached hydrogen (secondary N) is 1. The fourth-order valence-electron chi connectivity index (χ4n) is 2.97. The van der Waals surface area contributed by atoms with Gasteiger partial charge < -0.3 is 14.2 Å². The van der Waals surface area contributed by atoms with Crippen molar-refractivity contribution in [2.45, 2.75) is 13.8 Å². The van der Waals surface area contributed by atoms with Gasteiger partial charge in [-0.1, -0.05) is 6.07 Å². The van der Waals surface area contributed by atoms with Crippen LogP contribution in [0.1, 0.15) is 19.4 Å². The smallest absolute Gasteiger partial charge is 0.335 e. The molecule has 30 heavy (non-hydrogen) atoms. The number of imide groups is 2. The van der Waals surface area contributed by atoms with Crippen molar-refractivity contribution >= 4 is 29.6 Å². The summed E-state index contributed by atoms with van der Waals surface area (Å²) in [5.74, 6) is 0.143. The third-order valence-corrected chi connectivity index (χ3v) is 4.31. The molecule has 0 bridgehead atoms. The second kappa shape index (κ2) is 9.13. The molecule has 2 aromatic rings. The standard InChI is InChI=1S/C22H22N2O6/c1-4-29-16-9-7-15(8-10-16)24-21(26)17(20(25)23-22(24)27)12-14-6-11-18(28-3)19(13-14)30-5-2/h6-13H,4-5H2,1-3H3,(H,23,25,27). The van der Waals surface area contributed by atoms with Crippen LogP contribution in [-0.2, 0) is 9.59 Å². The SMILES string of the molecule is CCOc1ccc(N2C(=O)NC(=O)C(=Cc3ccc(OC)c(OCC)c3)C2=O)cc1. The number of anilines is 1. The molecule has 0 atom stereocenters. The molecule has 3 rings (SSSR count). The second-order valence-corrected chi connectivity index (χ2v) is 6.23. The zero-order valence-corrected chi connectivity index (χ0v) is 16.9.